The first-order valence-corrected chi connectivity index (χ1v) is 5.87. The minimum absolute atomic E-state index is 0.0512. The summed E-state index contributed by atoms with van der Waals surface area (Å²) in [5, 5.41) is -0.795. The number of hydrogen-bond donors (Lipinski definition) is 1. The molecule has 1 atom stereocenters. The molecule has 0 aromatic carbocycles. The van der Waals surface area contributed by atoms with Gasteiger partial charge < -0.3 is 5.73 Å². The van der Waals surface area contributed by atoms with Crippen molar-refractivity contribution in [3.8, 4) is 0 Å². The summed E-state index contributed by atoms with van der Waals surface area (Å²) >= 11 is 0. The van der Waals surface area contributed by atoms with Crippen molar-refractivity contribution in [2.24, 2.45) is 5.73 Å². The Hall–Kier alpha value is -0.270. The molecule has 1 aliphatic heterocycles. The summed E-state index contributed by atoms with van der Waals surface area (Å²) in [5.74, 6) is -2.89. The summed E-state index contributed by atoms with van der Waals surface area (Å²) in [6.07, 6.45) is -0.399. The summed E-state index contributed by atoms with van der Waals surface area (Å²) in [4.78, 5) is 0. The van der Waals surface area contributed by atoms with E-state index in [2.05, 4.69) is 0 Å². The Morgan fingerprint density at radius 2 is 2.14 bits per heavy atom. The molecule has 0 aromatic heterocycles. The average Bonchev–Trinajstić information content (AvgIpc) is 2.45. The molecule has 0 spiro atoms. The number of nitrogens with zero attached hydrogens (tertiary/aromatic N) is 1. The van der Waals surface area contributed by atoms with Crippen LogP contribution in [0.4, 0.5) is 8.78 Å². The van der Waals surface area contributed by atoms with Crippen molar-refractivity contribution in [3.05, 3.63) is 0 Å². The second-order valence-corrected chi connectivity index (χ2v) is 5.88. The van der Waals surface area contributed by atoms with Crippen LogP contribution in [0, 0.1) is 0 Å². The van der Waals surface area contributed by atoms with Crippen LogP contribution in [0.3, 0.4) is 0 Å². The highest BCUT2D eigenvalue weighted by Gasteiger charge is 2.44. The Bertz CT molecular complexity index is 305. The van der Waals surface area contributed by atoms with Gasteiger partial charge in [-0.15, -0.1) is 0 Å². The third kappa shape index (κ3) is 2.21. The minimum atomic E-state index is -3.63. The van der Waals surface area contributed by atoms with Gasteiger partial charge in [0.2, 0.25) is 10.0 Å². The zero-order valence-electron chi connectivity index (χ0n) is 7.91. The quantitative estimate of drug-likeness (QED) is 0.739. The van der Waals surface area contributed by atoms with Gasteiger partial charge in [-0.3, -0.25) is 0 Å². The molecule has 1 unspecified atom stereocenters. The molecule has 1 saturated heterocycles. The van der Waals surface area contributed by atoms with Crippen LogP contribution in [-0.2, 0) is 10.0 Å². The molecule has 1 rings (SSSR count). The molecule has 0 aromatic rings. The normalized spacial score (nSPS) is 25.1. The predicted molar refractivity (Wildman–Crippen MR) is 48.6 cm³/mol. The number of rotatable bonds is 3. The van der Waals surface area contributed by atoms with E-state index in [-0.39, 0.29) is 13.1 Å². The highest BCUT2D eigenvalue weighted by molar-refractivity contribution is 7.89. The number of sulfonamides is 1. The largest absolute Gasteiger partial charge is 0.329 e. The van der Waals surface area contributed by atoms with Gasteiger partial charge in [-0.05, 0) is 6.92 Å². The van der Waals surface area contributed by atoms with Gasteiger partial charge in [-0.25, -0.2) is 17.2 Å². The molecule has 1 heterocycles. The van der Waals surface area contributed by atoms with Crippen LogP contribution in [0.1, 0.15) is 13.3 Å². The zero-order valence-corrected chi connectivity index (χ0v) is 8.73. The molecular weight excluding hydrogens is 214 g/mol. The monoisotopic (exact) mass is 228 g/mol. The molecule has 2 N–H and O–H groups in total. The van der Waals surface area contributed by atoms with Gasteiger partial charge in [0.05, 0.1) is 11.8 Å². The topological polar surface area (TPSA) is 63.4 Å². The summed E-state index contributed by atoms with van der Waals surface area (Å²) in [6.45, 7) is 0.551. The second-order valence-electron chi connectivity index (χ2n) is 3.53. The number of nitrogens with two attached hydrogens (primary N) is 1. The van der Waals surface area contributed by atoms with Crippen molar-refractivity contribution in [1.29, 1.82) is 0 Å². The van der Waals surface area contributed by atoms with E-state index in [4.69, 9.17) is 5.73 Å². The van der Waals surface area contributed by atoms with Gasteiger partial charge in [-0.2, -0.15) is 4.31 Å². The highest BCUT2D eigenvalue weighted by atomic mass is 32.2. The lowest BCUT2D eigenvalue weighted by atomic mass is 10.3. The Balaban J connectivity index is 2.77. The third-order valence-corrected chi connectivity index (χ3v) is 4.58. The molecule has 0 bridgehead atoms. The van der Waals surface area contributed by atoms with Crippen LogP contribution in [0.2, 0.25) is 0 Å². The molecule has 1 fully saturated rings. The van der Waals surface area contributed by atoms with Gasteiger partial charge in [0.15, 0.2) is 0 Å². The Kier molecular flexibility index (Phi) is 3.13. The van der Waals surface area contributed by atoms with Gasteiger partial charge >= 0.3 is 0 Å². The maximum atomic E-state index is 12.8. The molecule has 0 saturated carbocycles. The predicted octanol–water partition coefficient (Wildman–Crippen LogP) is 0.00440. The average molecular weight is 228 g/mol. The number of halogens is 2. The maximum absolute atomic E-state index is 12.8. The molecule has 4 nitrogen and oxygen atoms in total. The lowest BCUT2D eigenvalue weighted by Crippen LogP contribution is -2.40. The lowest BCUT2D eigenvalue weighted by molar-refractivity contribution is 0.0183. The second kappa shape index (κ2) is 3.71. The molecule has 0 radical (unpaired) electrons. The first-order valence-electron chi connectivity index (χ1n) is 4.36. The van der Waals surface area contributed by atoms with E-state index >= 15 is 0 Å². The SMILES string of the molecule is CC(CN)S(=O)(=O)N1CCC(F)(F)C1. The van der Waals surface area contributed by atoms with Crippen LogP contribution >= 0.6 is 0 Å². The smallest absolute Gasteiger partial charge is 0.262 e. The lowest BCUT2D eigenvalue weighted by Gasteiger charge is -2.19. The van der Waals surface area contributed by atoms with Crippen molar-refractivity contribution in [2.75, 3.05) is 19.6 Å². The summed E-state index contributed by atoms with van der Waals surface area (Å²) in [5.41, 5.74) is 5.20. The van der Waals surface area contributed by atoms with E-state index in [0.29, 0.717) is 0 Å². The van der Waals surface area contributed by atoms with Crippen LogP contribution < -0.4 is 5.73 Å². The van der Waals surface area contributed by atoms with Gasteiger partial charge in [0.25, 0.3) is 5.92 Å². The van der Waals surface area contributed by atoms with Crippen molar-refractivity contribution < 1.29 is 17.2 Å². The molecular formula is C7H14F2N2O2S. The molecule has 14 heavy (non-hydrogen) atoms. The first-order chi connectivity index (χ1) is 6.29. The van der Waals surface area contributed by atoms with E-state index in [9.17, 15) is 17.2 Å². The van der Waals surface area contributed by atoms with E-state index in [1.54, 1.807) is 0 Å². The Labute approximate surface area is 82.1 Å². The summed E-state index contributed by atoms with van der Waals surface area (Å²) in [7, 11) is -3.63. The first kappa shape index (κ1) is 11.8. The van der Waals surface area contributed by atoms with Crippen LogP contribution in [0.15, 0.2) is 0 Å². The van der Waals surface area contributed by atoms with Crippen LogP contribution in [0.25, 0.3) is 0 Å². The van der Waals surface area contributed by atoms with Crippen molar-refractivity contribution in [2.45, 2.75) is 24.5 Å². The maximum Gasteiger partial charge on any atom is 0.262 e. The molecule has 0 amide bonds. The van der Waals surface area contributed by atoms with Crippen molar-refractivity contribution in [1.82, 2.24) is 4.31 Å². The number of hydrogen-bond acceptors (Lipinski definition) is 3. The van der Waals surface area contributed by atoms with Gasteiger partial charge in [0, 0.05) is 19.5 Å². The van der Waals surface area contributed by atoms with Gasteiger partial charge in [-0.1, -0.05) is 0 Å². The number of alkyl halides is 2. The van der Waals surface area contributed by atoms with Crippen molar-refractivity contribution >= 4 is 10.0 Å². The minimum Gasteiger partial charge on any atom is -0.329 e. The zero-order chi connectivity index (χ0) is 11.0. The highest BCUT2D eigenvalue weighted by Crippen LogP contribution is 2.29. The Morgan fingerprint density at radius 3 is 2.50 bits per heavy atom. The van der Waals surface area contributed by atoms with E-state index < -0.39 is 34.2 Å². The third-order valence-electron chi connectivity index (χ3n) is 2.33. The fourth-order valence-electron chi connectivity index (χ4n) is 1.30. The van der Waals surface area contributed by atoms with E-state index in [1.165, 1.54) is 6.92 Å². The summed E-state index contributed by atoms with van der Waals surface area (Å²) < 4.78 is 49.5. The molecule has 7 heteroatoms. The standard InChI is InChI=1S/C7H14F2N2O2S/c1-6(4-10)14(12,13)11-3-2-7(8,9)5-11/h6H,2-5,10H2,1H3. The summed E-state index contributed by atoms with van der Waals surface area (Å²) in [6, 6.07) is 0. The molecule has 0 aliphatic carbocycles. The van der Waals surface area contributed by atoms with Gasteiger partial charge in [0.1, 0.15) is 0 Å². The van der Waals surface area contributed by atoms with Crippen LogP contribution in [-0.4, -0.2) is 43.5 Å². The van der Waals surface area contributed by atoms with Crippen LogP contribution in [0.5, 0.6) is 0 Å². The molecule has 84 valence electrons. The van der Waals surface area contributed by atoms with E-state index in [1.807, 2.05) is 0 Å². The van der Waals surface area contributed by atoms with E-state index in [0.717, 1.165) is 4.31 Å². The molecule has 1 aliphatic rings. The Morgan fingerprint density at radius 1 is 1.57 bits per heavy atom. The fourth-order valence-corrected chi connectivity index (χ4v) is 2.76. The fraction of sp³-hybridized carbons (Fsp3) is 1.00. The van der Waals surface area contributed by atoms with Crippen molar-refractivity contribution in [3.63, 3.8) is 0 Å².